The van der Waals surface area contributed by atoms with E-state index in [1.807, 2.05) is 0 Å². The molecule has 0 saturated heterocycles. The van der Waals surface area contributed by atoms with E-state index in [1.165, 1.54) is 33.0 Å². The number of fused-ring (bicyclic) bond motifs is 3. The van der Waals surface area contributed by atoms with Gasteiger partial charge < -0.3 is 0 Å². The number of benzene rings is 2. The first-order chi connectivity index (χ1) is 8.34. The van der Waals surface area contributed by atoms with Crippen molar-refractivity contribution in [2.75, 3.05) is 0 Å². The average molecular weight is 218 g/mol. The van der Waals surface area contributed by atoms with E-state index >= 15 is 0 Å². The molecule has 0 N–H and O–H groups in total. The Balaban J connectivity index is 2.17. The maximum absolute atomic E-state index is 2.37. The molecule has 2 aliphatic carbocycles. The van der Waals surface area contributed by atoms with Crippen LogP contribution in [0.1, 0.15) is 29.0 Å². The molecule has 0 radical (unpaired) electrons. The van der Waals surface area contributed by atoms with E-state index in [0.29, 0.717) is 5.92 Å². The first-order valence-corrected chi connectivity index (χ1v) is 6.25. The lowest BCUT2D eigenvalue weighted by Gasteiger charge is -2.15. The SMILES string of the molecule is Cc1cc2c3c(cccc3c1)C1=CC=CCC12. The third-order valence-electron chi connectivity index (χ3n) is 4.00. The Hall–Kier alpha value is -1.82. The van der Waals surface area contributed by atoms with E-state index in [2.05, 4.69) is 55.5 Å². The summed E-state index contributed by atoms with van der Waals surface area (Å²) in [5.41, 5.74) is 5.87. The van der Waals surface area contributed by atoms with Crippen LogP contribution in [-0.4, -0.2) is 0 Å². The number of rotatable bonds is 0. The number of hydrogen-bond acceptors (Lipinski definition) is 0. The summed E-state index contributed by atoms with van der Waals surface area (Å²) in [7, 11) is 0. The van der Waals surface area contributed by atoms with Gasteiger partial charge in [0.05, 0.1) is 0 Å². The van der Waals surface area contributed by atoms with Crippen molar-refractivity contribution in [1.29, 1.82) is 0 Å². The Bertz CT molecular complexity index is 686. The Morgan fingerprint density at radius 3 is 3.06 bits per heavy atom. The van der Waals surface area contributed by atoms with Crippen LogP contribution in [0.3, 0.4) is 0 Å². The van der Waals surface area contributed by atoms with Gasteiger partial charge in [0.1, 0.15) is 0 Å². The van der Waals surface area contributed by atoms with E-state index in [0.717, 1.165) is 6.42 Å². The molecular weight excluding hydrogens is 204 g/mol. The molecule has 0 heteroatoms. The highest BCUT2D eigenvalue weighted by atomic mass is 14.3. The fraction of sp³-hybridized carbons (Fsp3) is 0.176. The lowest BCUT2D eigenvalue weighted by atomic mass is 9.89. The van der Waals surface area contributed by atoms with Crippen molar-refractivity contribution < 1.29 is 0 Å². The minimum atomic E-state index is 0.597. The zero-order chi connectivity index (χ0) is 11.4. The molecular formula is C17H14. The molecule has 2 aromatic rings. The lowest BCUT2D eigenvalue weighted by molar-refractivity contribution is 0.898. The van der Waals surface area contributed by atoms with E-state index in [-0.39, 0.29) is 0 Å². The van der Waals surface area contributed by atoms with Gasteiger partial charge in [-0.2, -0.15) is 0 Å². The van der Waals surface area contributed by atoms with Crippen LogP contribution in [-0.2, 0) is 0 Å². The molecule has 0 nitrogen and oxygen atoms in total. The summed E-state index contributed by atoms with van der Waals surface area (Å²) in [6, 6.07) is 11.4. The maximum atomic E-state index is 2.37. The second kappa shape index (κ2) is 3.10. The molecule has 0 bridgehead atoms. The Kier molecular flexibility index (Phi) is 1.69. The van der Waals surface area contributed by atoms with Crippen molar-refractivity contribution in [1.82, 2.24) is 0 Å². The standard InChI is InChI=1S/C17H14/c1-11-9-12-5-4-8-15-13-6-2-3-7-14(13)16(10-11)17(12)15/h2-6,8-10,14H,7H2,1H3. The highest BCUT2D eigenvalue weighted by Gasteiger charge is 2.29. The van der Waals surface area contributed by atoms with Crippen molar-refractivity contribution in [2.45, 2.75) is 19.3 Å². The van der Waals surface area contributed by atoms with E-state index < -0.39 is 0 Å². The predicted molar refractivity (Wildman–Crippen MR) is 73.2 cm³/mol. The molecule has 0 spiro atoms. The highest BCUT2D eigenvalue weighted by Crippen LogP contribution is 2.49. The maximum Gasteiger partial charge on any atom is 0.0137 e. The molecule has 0 aromatic heterocycles. The van der Waals surface area contributed by atoms with Gasteiger partial charge in [0.15, 0.2) is 0 Å². The topological polar surface area (TPSA) is 0 Å². The Morgan fingerprint density at radius 1 is 1.18 bits per heavy atom. The van der Waals surface area contributed by atoms with Crippen LogP contribution in [0.5, 0.6) is 0 Å². The first-order valence-electron chi connectivity index (χ1n) is 6.25. The fourth-order valence-electron chi connectivity index (χ4n) is 3.33. The molecule has 82 valence electrons. The van der Waals surface area contributed by atoms with E-state index in [1.54, 1.807) is 0 Å². The molecule has 0 saturated carbocycles. The van der Waals surface area contributed by atoms with Gasteiger partial charge in [0.25, 0.3) is 0 Å². The van der Waals surface area contributed by atoms with Crippen molar-refractivity contribution >= 4 is 16.3 Å². The molecule has 0 amide bonds. The molecule has 2 aromatic carbocycles. The van der Waals surface area contributed by atoms with Crippen LogP contribution >= 0.6 is 0 Å². The predicted octanol–water partition coefficient (Wildman–Crippen LogP) is 4.59. The third-order valence-corrected chi connectivity index (χ3v) is 4.00. The third kappa shape index (κ3) is 1.13. The van der Waals surface area contributed by atoms with Crippen molar-refractivity contribution in [3.8, 4) is 0 Å². The molecule has 2 aliphatic rings. The average Bonchev–Trinajstić information content (AvgIpc) is 2.67. The van der Waals surface area contributed by atoms with Crippen LogP contribution in [0.2, 0.25) is 0 Å². The van der Waals surface area contributed by atoms with Gasteiger partial charge in [-0.15, -0.1) is 0 Å². The molecule has 1 atom stereocenters. The van der Waals surface area contributed by atoms with Crippen LogP contribution in [0.4, 0.5) is 0 Å². The number of hydrogen-bond donors (Lipinski definition) is 0. The largest absolute Gasteiger partial charge is 0.0836 e. The fourth-order valence-corrected chi connectivity index (χ4v) is 3.33. The number of aryl methyl sites for hydroxylation is 1. The van der Waals surface area contributed by atoms with Gasteiger partial charge in [-0.1, -0.05) is 54.1 Å². The zero-order valence-electron chi connectivity index (χ0n) is 9.90. The summed E-state index contributed by atoms with van der Waals surface area (Å²) < 4.78 is 0. The van der Waals surface area contributed by atoms with E-state index in [4.69, 9.17) is 0 Å². The van der Waals surface area contributed by atoms with Gasteiger partial charge in [-0.25, -0.2) is 0 Å². The minimum absolute atomic E-state index is 0.597. The molecule has 0 aliphatic heterocycles. The first kappa shape index (κ1) is 9.23. The Morgan fingerprint density at radius 2 is 2.12 bits per heavy atom. The van der Waals surface area contributed by atoms with Crippen LogP contribution < -0.4 is 0 Å². The number of allylic oxidation sites excluding steroid dienone is 4. The summed E-state index contributed by atoms with van der Waals surface area (Å²) in [6.45, 7) is 2.20. The van der Waals surface area contributed by atoms with Crippen molar-refractivity contribution in [3.63, 3.8) is 0 Å². The van der Waals surface area contributed by atoms with Crippen LogP contribution in [0, 0.1) is 6.92 Å². The van der Waals surface area contributed by atoms with Gasteiger partial charge in [0, 0.05) is 5.92 Å². The minimum Gasteiger partial charge on any atom is -0.0836 e. The van der Waals surface area contributed by atoms with Gasteiger partial charge in [-0.05, 0) is 40.8 Å². The van der Waals surface area contributed by atoms with Crippen LogP contribution in [0.15, 0.2) is 48.6 Å². The lowest BCUT2D eigenvalue weighted by Crippen LogP contribution is -1.96. The summed E-state index contributed by atoms with van der Waals surface area (Å²) in [4.78, 5) is 0. The second-order valence-electron chi connectivity index (χ2n) is 5.10. The Labute approximate surface area is 101 Å². The molecule has 0 fully saturated rings. The van der Waals surface area contributed by atoms with Crippen molar-refractivity contribution in [2.24, 2.45) is 0 Å². The monoisotopic (exact) mass is 218 g/mol. The van der Waals surface area contributed by atoms with E-state index in [9.17, 15) is 0 Å². The summed E-state index contributed by atoms with van der Waals surface area (Å²) in [6.07, 6.45) is 7.93. The van der Waals surface area contributed by atoms with Gasteiger partial charge in [-0.3, -0.25) is 0 Å². The molecule has 17 heavy (non-hydrogen) atoms. The van der Waals surface area contributed by atoms with Crippen molar-refractivity contribution in [3.05, 3.63) is 65.3 Å². The molecule has 0 heterocycles. The molecule has 1 unspecified atom stereocenters. The highest BCUT2D eigenvalue weighted by molar-refractivity contribution is 6.04. The van der Waals surface area contributed by atoms with Gasteiger partial charge >= 0.3 is 0 Å². The summed E-state index contributed by atoms with van der Waals surface area (Å²) >= 11 is 0. The quantitative estimate of drug-likeness (QED) is 0.606. The second-order valence-corrected chi connectivity index (χ2v) is 5.10. The smallest absolute Gasteiger partial charge is 0.0137 e. The van der Waals surface area contributed by atoms with Gasteiger partial charge in [0.2, 0.25) is 0 Å². The van der Waals surface area contributed by atoms with Crippen LogP contribution in [0.25, 0.3) is 16.3 Å². The zero-order valence-corrected chi connectivity index (χ0v) is 9.90. The summed E-state index contributed by atoms with van der Waals surface area (Å²) in [5, 5.41) is 2.88. The summed E-state index contributed by atoms with van der Waals surface area (Å²) in [5.74, 6) is 0.597. The normalized spacial score (nSPS) is 20.5. The molecule has 4 rings (SSSR count).